The zero-order valence-corrected chi connectivity index (χ0v) is 67.8. The number of phosphoric ester groups is 2. The first-order valence-electron chi connectivity index (χ1n) is 40.7. The van der Waals surface area contributed by atoms with Gasteiger partial charge in [0, 0.05) is 25.7 Å². The molecule has 0 saturated carbocycles. The van der Waals surface area contributed by atoms with Crippen molar-refractivity contribution in [1.82, 2.24) is 0 Å². The Hall–Kier alpha value is -5.32. The van der Waals surface area contributed by atoms with Gasteiger partial charge in [0.1, 0.15) is 19.3 Å². The van der Waals surface area contributed by atoms with Crippen molar-refractivity contribution in [3.8, 4) is 0 Å². The molecule has 19 heteroatoms. The van der Waals surface area contributed by atoms with Crippen LogP contribution in [-0.2, 0) is 65.4 Å². The average molecular weight is 1520 g/mol. The molecule has 0 bridgehead atoms. The van der Waals surface area contributed by atoms with Gasteiger partial charge in [-0.25, -0.2) is 9.13 Å². The Morgan fingerprint density at radius 1 is 0.274 bits per heavy atom. The van der Waals surface area contributed by atoms with Crippen LogP contribution in [0.25, 0.3) is 0 Å². The van der Waals surface area contributed by atoms with Crippen molar-refractivity contribution in [2.75, 3.05) is 39.6 Å². The zero-order valence-electron chi connectivity index (χ0n) is 66.1. The van der Waals surface area contributed by atoms with Crippen molar-refractivity contribution in [2.45, 2.75) is 329 Å². The van der Waals surface area contributed by atoms with Crippen LogP contribution in [0.1, 0.15) is 310 Å². The van der Waals surface area contributed by atoms with Crippen LogP contribution >= 0.6 is 15.6 Å². The Bertz CT molecular complexity index is 2630. The molecule has 3 N–H and O–H groups in total. The highest BCUT2D eigenvalue weighted by molar-refractivity contribution is 7.47. The first-order valence-corrected chi connectivity index (χ1v) is 43.7. The van der Waals surface area contributed by atoms with E-state index < -0.39 is 97.5 Å². The minimum Gasteiger partial charge on any atom is -0.462 e. The first kappa shape index (κ1) is 101. The van der Waals surface area contributed by atoms with Gasteiger partial charge in [0.2, 0.25) is 0 Å². The molecule has 0 radical (unpaired) electrons. The second-order valence-electron chi connectivity index (χ2n) is 26.6. The van der Waals surface area contributed by atoms with Crippen LogP contribution in [0, 0.1) is 0 Å². The molecule has 0 fully saturated rings. The summed E-state index contributed by atoms with van der Waals surface area (Å²) in [5, 5.41) is 10.7. The van der Waals surface area contributed by atoms with Crippen LogP contribution in [0.3, 0.4) is 0 Å². The van der Waals surface area contributed by atoms with Crippen molar-refractivity contribution < 1.29 is 80.2 Å². The molecule has 0 aliphatic heterocycles. The van der Waals surface area contributed by atoms with E-state index in [1.165, 1.54) is 25.7 Å². The van der Waals surface area contributed by atoms with Gasteiger partial charge in [-0.15, -0.1) is 0 Å². The number of carbonyl (C=O) groups excluding carboxylic acids is 4. The van der Waals surface area contributed by atoms with E-state index in [4.69, 9.17) is 37.0 Å². The fourth-order valence-corrected chi connectivity index (χ4v) is 11.9. The van der Waals surface area contributed by atoms with E-state index in [1.807, 2.05) is 0 Å². The summed E-state index contributed by atoms with van der Waals surface area (Å²) >= 11 is 0. The lowest BCUT2D eigenvalue weighted by Gasteiger charge is -2.21. The number of phosphoric acid groups is 2. The molecule has 5 unspecified atom stereocenters. The van der Waals surface area contributed by atoms with Crippen LogP contribution < -0.4 is 0 Å². The topological polar surface area (TPSA) is 237 Å². The molecular formula is C87H144O17P2. The number of rotatable bonds is 75. The third kappa shape index (κ3) is 76.9. The highest BCUT2D eigenvalue weighted by Crippen LogP contribution is 2.45. The van der Waals surface area contributed by atoms with E-state index in [9.17, 15) is 43.2 Å². The summed E-state index contributed by atoms with van der Waals surface area (Å²) in [6, 6.07) is 0. The average Bonchev–Trinajstić information content (AvgIpc) is 0.907. The van der Waals surface area contributed by atoms with Gasteiger partial charge in [-0.1, -0.05) is 276 Å². The molecule has 0 aromatic carbocycles. The number of allylic oxidation sites excluding steroid dienone is 26. The summed E-state index contributed by atoms with van der Waals surface area (Å²) in [7, 11) is -9.99. The molecule has 0 aliphatic rings. The normalized spacial score (nSPS) is 14.7. The van der Waals surface area contributed by atoms with E-state index in [2.05, 4.69) is 186 Å². The fraction of sp³-hybridized carbons (Fsp3) is 0.655. The van der Waals surface area contributed by atoms with Gasteiger partial charge in [-0.2, -0.15) is 0 Å². The maximum atomic E-state index is 13.1. The minimum absolute atomic E-state index is 0.0580. The quantitative estimate of drug-likeness (QED) is 0.0169. The van der Waals surface area contributed by atoms with E-state index in [0.29, 0.717) is 25.7 Å². The predicted molar refractivity (Wildman–Crippen MR) is 436 cm³/mol. The van der Waals surface area contributed by atoms with Crippen LogP contribution in [0.4, 0.5) is 0 Å². The zero-order chi connectivity index (χ0) is 77.4. The van der Waals surface area contributed by atoms with Gasteiger partial charge >= 0.3 is 39.5 Å². The number of ether oxygens (including phenoxy) is 4. The van der Waals surface area contributed by atoms with E-state index in [1.54, 1.807) is 0 Å². The number of aliphatic hydroxyl groups excluding tert-OH is 1. The molecule has 0 rings (SSSR count). The molecule has 106 heavy (non-hydrogen) atoms. The molecule has 0 aliphatic carbocycles. The van der Waals surface area contributed by atoms with E-state index in [-0.39, 0.29) is 25.7 Å². The van der Waals surface area contributed by atoms with Gasteiger partial charge < -0.3 is 33.8 Å². The van der Waals surface area contributed by atoms with Crippen molar-refractivity contribution in [3.05, 3.63) is 158 Å². The Kier molecular flexibility index (Phi) is 73.9. The van der Waals surface area contributed by atoms with Crippen molar-refractivity contribution >= 4 is 39.5 Å². The van der Waals surface area contributed by atoms with Gasteiger partial charge in [0.25, 0.3) is 0 Å². The smallest absolute Gasteiger partial charge is 0.462 e. The maximum absolute atomic E-state index is 13.1. The molecule has 0 amide bonds. The van der Waals surface area contributed by atoms with Crippen molar-refractivity contribution in [3.63, 3.8) is 0 Å². The van der Waals surface area contributed by atoms with Crippen LogP contribution in [0.2, 0.25) is 0 Å². The molecule has 0 spiro atoms. The van der Waals surface area contributed by atoms with E-state index in [0.717, 1.165) is 205 Å². The Morgan fingerprint density at radius 2 is 0.491 bits per heavy atom. The van der Waals surface area contributed by atoms with Crippen LogP contribution in [0.15, 0.2) is 158 Å². The lowest BCUT2D eigenvalue weighted by Crippen LogP contribution is -2.30. The van der Waals surface area contributed by atoms with E-state index >= 15 is 0 Å². The Balaban J connectivity index is 5.43. The number of carbonyl (C=O) groups is 4. The number of aliphatic hydroxyl groups is 1. The number of unbranched alkanes of at least 4 members (excludes halogenated alkanes) is 23. The van der Waals surface area contributed by atoms with Crippen LogP contribution in [-0.4, -0.2) is 96.7 Å². The Morgan fingerprint density at radius 3 is 0.764 bits per heavy atom. The van der Waals surface area contributed by atoms with Gasteiger partial charge in [0.15, 0.2) is 12.2 Å². The van der Waals surface area contributed by atoms with Gasteiger partial charge in [-0.3, -0.25) is 37.3 Å². The molecule has 604 valence electrons. The molecule has 0 aromatic rings. The van der Waals surface area contributed by atoms with Gasteiger partial charge in [-0.05, 0) is 167 Å². The lowest BCUT2D eigenvalue weighted by atomic mass is 10.1. The minimum atomic E-state index is -5.00. The summed E-state index contributed by atoms with van der Waals surface area (Å²) in [5.74, 6) is -2.26. The van der Waals surface area contributed by atoms with Crippen molar-refractivity contribution in [1.29, 1.82) is 0 Å². The Labute approximate surface area is 642 Å². The number of esters is 4. The lowest BCUT2D eigenvalue weighted by molar-refractivity contribution is -0.161. The first-order chi connectivity index (χ1) is 51.7. The summed E-state index contributed by atoms with van der Waals surface area (Å²) < 4.78 is 68.6. The van der Waals surface area contributed by atoms with Crippen molar-refractivity contribution in [2.24, 2.45) is 0 Å². The highest BCUT2D eigenvalue weighted by atomic mass is 31.2. The maximum Gasteiger partial charge on any atom is 0.472 e. The summed E-state index contributed by atoms with van der Waals surface area (Å²) in [6.07, 6.45) is 90.7. The summed E-state index contributed by atoms with van der Waals surface area (Å²) in [4.78, 5) is 73.1. The third-order valence-corrected chi connectivity index (χ3v) is 18.4. The monoisotopic (exact) mass is 1520 g/mol. The fourth-order valence-electron chi connectivity index (χ4n) is 10.4. The summed E-state index contributed by atoms with van der Waals surface area (Å²) in [5.41, 5.74) is 0. The molecular weight excluding hydrogens is 1380 g/mol. The second kappa shape index (κ2) is 77.8. The standard InChI is InChI=1S/C87H144O17P2/c1-5-9-13-17-21-25-29-33-36-39-40-43-45-49-52-56-60-64-68-72-85(90)98-78-83(104-87(92)74-70-66-62-58-54-50-46-42-38-35-31-27-23-19-15-11-7-3)80-102-106(95,96)100-76-81(88)75-99-105(93,94)101-79-82(103-86(91)73-69-65-61-57-53-47-32-28-24-20-16-12-8-4)77-97-84(89)71-67-63-59-55-51-48-44-41-37-34-30-26-22-18-14-10-6-2/h9-11,13-15,21-23,25-28,32-38,40,43-44,46,48,50,81-83,88H,5-8,12,16-20,24,29-31,39,41-42,45,47,49,51-80H2,1-4H3,(H,93,94)(H,95,96)/b13-9-,14-10-,15-11-,25-21-,26-22-,27-23-,32-28-,36-33-,37-34-,38-35-,43-40-,48-44-,50-46-. The number of hydrogen-bond donors (Lipinski definition) is 3. The highest BCUT2D eigenvalue weighted by Gasteiger charge is 2.30. The number of hydrogen-bond acceptors (Lipinski definition) is 15. The SMILES string of the molecule is CC/C=C\C/C=C\C/C=C\C/C=C\CCCCCCCCC(=O)OCC(COP(=O)(O)OCC(O)COP(=O)(O)OCC(COC(=O)CCCCCC/C=C\C/C=C\C/C=C\C/C=C\CC)OC(=O)CCCCCCC/C=C\CCCCCC)OC(=O)CCCCCC/C=C\C/C=C\C/C=C\C/C=C\CC. The molecule has 0 saturated heterocycles. The summed E-state index contributed by atoms with van der Waals surface area (Å²) in [6.45, 7) is 4.44. The predicted octanol–water partition coefficient (Wildman–Crippen LogP) is 24.0. The largest absolute Gasteiger partial charge is 0.472 e. The second-order valence-corrected chi connectivity index (χ2v) is 29.5. The molecule has 0 aromatic heterocycles. The molecule has 5 atom stereocenters. The third-order valence-electron chi connectivity index (χ3n) is 16.5. The molecule has 17 nitrogen and oxygen atoms in total. The van der Waals surface area contributed by atoms with Gasteiger partial charge in [0.05, 0.1) is 26.4 Å². The molecule has 0 heterocycles. The van der Waals surface area contributed by atoms with Crippen LogP contribution in [0.5, 0.6) is 0 Å².